The highest BCUT2D eigenvalue weighted by molar-refractivity contribution is 7.92. The molecule has 0 bridgehead atoms. The van der Waals surface area contributed by atoms with Crippen LogP contribution in [-0.2, 0) is 19.6 Å². The number of amides is 1. The third kappa shape index (κ3) is 6.33. The van der Waals surface area contributed by atoms with Gasteiger partial charge in [-0.05, 0) is 68.8 Å². The molecule has 0 radical (unpaired) electrons. The van der Waals surface area contributed by atoms with Crippen LogP contribution in [0.1, 0.15) is 28.4 Å². The van der Waals surface area contributed by atoms with Gasteiger partial charge in [-0.25, -0.2) is 13.2 Å². The first-order chi connectivity index (χ1) is 16.5. The average molecular weight is 535 g/mol. The standard InChI is InChI=1S/C25H24Cl2N2O5S/c1-4-34-25(31)21-14-19(9-12-22(21)27)28-24(30)15-29(23-13-18(26)8-7-17(23)3)35(32,33)20-10-5-16(2)6-11-20/h5-14H,4,15H2,1-3H3,(H,28,30). The first kappa shape index (κ1) is 26.5. The summed E-state index contributed by atoms with van der Waals surface area (Å²) in [5.41, 5.74) is 2.14. The number of nitrogens with zero attached hydrogens (tertiary/aromatic N) is 1. The molecule has 35 heavy (non-hydrogen) atoms. The van der Waals surface area contributed by atoms with Crippen LogP contribution in [0, 0.1) is 13.8 Å². The fourth-order valence-corrected chi connectivity index (χ4v) is 5.13. The quantitative estimate of drug-likeness (QED) is 0.378. The minimum atomic E-state index is -4.11. The second-order valence-corrected chi connectivity index (χ2v) is 10.4. The van der Waals surface area contributed by atoms with E-state index < -0.39 is 28.4 Å². The van der Waals surface area contributed by atoms with Crippen molar-refractivity contribution in [1.82, 2.24) is 0 Å². The van der Waals surface area contributed by atoms with E-state index >= 15 is 0 Å². The summed E-state index contributed by atoms with van der Waals surface area (Å²) < 4.78 is 33.2. The van der Waals surface area contributed by atoms with Gasteiger partial charge < -0.3 is 10.1 Å². The van der Waals surface area contributed by atoms with Crippen molar-refractivity contribution in [2.24, 2.45) is 0 Å². The van der Waals surface area contributed by atoms with Crippen molar-refractivity contribution in [1.29, 1.82) is 0 Å². The van der Waals surface area contributed by atoms with E-state index in [4.69, 9.17) is 27.9 Å². The largest absolute Gasteiger partial charge is 0.462 e. The van der Waals surface area contributed by atoms with Crippen molar-refractivity contribution < 1.29 is 22.7 Å². The van der Waals surface area contributed by atoms with E-state index in [2.05, 4.69) is 5.32 Å². The Balaban J connectivity index is 1.96. The Labute approximate surface area is 214 Å². The number of hydrogen-bond donors (Lipinski definition) is 1. The summed E-state index contributed by atoms with van der Waals surface area (Å²) in [4.78, 5) is 25.2. The molecular formula is C25H24Cl2N2O5S. The summed E-state index contributed by atoms with van der Waals surface area (Å²) in [7, 11) is -4.11. The molecule has 0 heterocycles. The zero-order chi connectivity index (χ0) is 25.8. The van der Waals surface area contributed by atoms with E-state index in [0.717, 1.165) is 9.87 Å². The molecule has 3 aromatic carbocycles. The molecule has 1 amide bonds. The highest BCUT2D eigenvalue weighted by Crippen LogP contribution is 2.30. The maximum absolute atomic E-state index is 13.6. The van der Waals surface area contributed by atoms with E-state index in [-0.39, 0.29) is 33.5 Å². The first-order valence-corrected chi connectivity index (χ1v) is 12.8. The van der Waals surface area contributed by atoms with E-state index in [1.165, 1.54) is 36.4 Å². The number of anilines is 2. The van der Waals surface area contributed by atoms with Crippen LogP contribution in [0.2, 0.25) is 10.0 Å². The molecule has 1 N–H and O–H groups in total. The highest BCUT2D eigenvalue weighted by atomic mass is 35.5. The van der Waals surface area contributed by atoms with E-state index in [1.54, 1.807) is 38.1 Å². The maximum Gasteiger partial charge on any atom is 0.339 e. The van der Waals surface area contributed by atoms with Gasteiger partial charge in [-0.1, -0.05) is 47.0 Å². The van der Waals surface area contributed by atoms with Crippen molar-refractivity contribution in [3.63, 3.8) is 0 Å². The van der Waals surface area contributed by atoms with E-state index in [0.29, 0.717) is 10.6 Å². The van der Waals surface area contributed by atoms with Gasteiger partial charge in [-0.3, -0.25) is 9.10 Å². The fraction of sp³-hybridized carbons (Fsp3) is 0.200. The Morgan fingerprint density at radius 3 is 2.31 bits per heavy atom. The van der Waals surface area contributed by atoms with Crippen molar-refractivity contribution in [2.75, 3.05) is 22.8 Å². The maximum atomic E-state index is 13.6. The molecule has 184 valence electrons. The third-order valence-electron chi connectivity index (χ3n) is 5.08. The summed E-state index contributed by atoms with van der Waals surface area (Å²) in [6.45, 7) is 4.87. The van der Waals surface area contributed by atoms with Gasteiger partial charge in [-0.15, -0.1) is 0 Å². The van der Waals surface area contributed by atoms with Gasteiger partial charge in [0.15, 0.2) is 0 Å². The molecular weight excluding hydrogens is 511 g/mol. The summed E-state index contributed by atoms with van der Waals surface area (Å²) in [6, 6.07) is 15.5. The Morgan fingerprint density at radius 2 is 1.66 bits per heavy atom. The number of carbonyl (C=O) groups excluding carboxylic acids is 2. The van der Waals surface area contributed by atoms with Crippen LogP contribution in [0.5, 0.6) is 0 Å². The number of benzene rings is 3. The zero-order valence-corrected chi connectivity index (χ0v) is 21.7. The second kappa shape index (κ2) is 11.1. The van der Waals surface area contributed by atoms with Crippen molar-refractivity contribution >= 4 is 56.5 Å². The molecule has 0 saturated carbocycles. The SMILES string of the molecule is CCOC(=O)c1cc(NC(=O)CN(c2cc(Cl)ccc2C)S(=O)(=O)c2ccc(C)cc2)ccc1Cl. The number of hydrogen-bond acceptors (Lipinski definition) is 5. The van der Waals surface area contributed by atoms with Gasteiger partial charge in [0, 0.05) is 10.7 Å². The molecule has 0 aliphatic heterocycles. The van der Waals surface area contributed by atoms with Crippen LogP contribution in [0.3, 0.4) is 0 Å². The van der Waals surface area contributed by atoms with Gasteiger partial charge in [0.05, 0.1) is 27.8 Å². The molecule has 0 spiro atoms. The van der Waals surface area contributed by atoms with Crippen molar-refractivity contribution in [2.45, 2.75) is 25.7 Å². The Bertz CT molecular complexity index is 1360. The number of carbonyl (C=O) groups is 2. The lowest BCUT2D eigenvalue weighted by Crippen LogP contribution is -2.38. The third-order valence-corrected chi connectivity index (χ3v) is 7.42. The van der Waals surface area contributed by atoms with Crippen molar-refractivity contribution in [3.05, 3.63) is 87.4 Å². The molecule has 0 aromatic heterocycles. The minimum absolute atomic E-state index is 0.0337. The predicted molar refractivity (Wildman–Crippen MR) is 138 cm³/mol. The Kier molecular flexibility index (Phi) is 8.43. The lowest BCUT2D eigenvalue weighted by atomic mass is 10.2. The van der Waals surface area contributed by atoms with Crippen molar-refractivity contribution in [3.8, 4) is 0 Å². The minimum Gasteiger partial charge on any atom is -0.462 e. The lowest BCUT2D eigenvalue weighted by Gasteiger charge is -2.26. The Morgan fingerprint density at radius 1 is 0.971 bits per heavy atom. The first-order valence-electron chi connectivity index (χ1n) is 10.6. The summed E-state index contributed by atoms with van der Waals surface area (Å²) in [6.07, 6.45) is 0. The van der Waals surface area contributed by atoms with E-state index in [1.807, 2.05) is 6.92 Å². The zero-order valence-electron chi connectivity index (χ0n) is 19.3. The predicted octanol–water partition coefficient (Wildman–Crippen LogP) is 5.62. The smallest absolute Gasteiger partial charge is 0.339 e. The summed E-state index contributed by atoms with van der Waals surface area (Å²) >= 11 is 12.2. The van der Waals surface area contributed by atoms with Crippen LogP contribution in [0.25, 0.3) is 0 Å². The van der Waals surface area contributed by atoms with Gasteiger partial charge >= 0.3 is 5.97 Å². The number of ether oxygens (including phenoxy) is 1. The fourth-order valence-electron chi connectivity index (χ4n) is 3.29. The monoisotopic (exact) mass is 534 g/mol. The number of aryl methyl sites for hydroxylation is 2. The second-order valence-electron chi connectivity index (χ2n) is 7.72. The normalized spacial score (nSPS) is 11.1. The van der Waals surface area contributed by atoms with Crippen LogP contribution < -0.4 is 9.62 Å². The lowest BCUT2D eigenvalue weighted by molar-refractivity contribution is -0.114. The molecule has 0 unspecified atom stereocenters. The number of rotatable bonds is 8. The number of sulfonamides is 1. The molecule has 7 nitrogen and oxygen atoms in total. The molecule has 0 fully saturated rings. The van der Waals surface area contributed by atoms with Crippen LogP contribution >= 0.6 is 23.2 Å². The van der Waals surface area contributed by atoms with Gasteiger partial charge in [-0.2, -0.15) is 0 Å². The number of halogens is 2. The average Bonchev–Trinajstić information content (AvgIpc) is 2.81. The molecule has 0 aliphatic rings. The molecule has 0 saturated heterocycles. The summed E-state index contributed by atoms with van der Waals surface area (Å²) in [5.74, 6) is -1.26. The number of esters is 1. The molecule has 0 aliphatic carbocycles. The van der Waals surface area contributed by atoms with Gasteiger partial charge in [0.1, 0.15) is 6.54 Å². The highest BCUT2D eigenvalue weighted by Gasteiger charge is 2.28. The molecule has 10 heteroatoms. The summed E-state index contributed by atoms with van der Waals surface area (Å²) in [5, 5.41) is 3.12. The Hall–Kier alpha value is -3.07. The molecule has 0 atom stereocenters. The van der Waals surface area contributed by atoms with Gasteiger partial charge in [0.25, 0.3) is 10.0 Å². The van der Waals surface area contributed by atoms with Crippen LogP contribution in [0.4, 0.5) is 11.4 Å². The topological polar surface area (TPSA) is 92.8 Å². The van der Waals surface area contributed by atoms with Crippen LogP contribution in [-0.4, -0.2) is 33.4 Å². The number of nitrogens with one attached hydrogen (secondary N) is 1. The van der Waals surface area contributed by atoms with Crippen LogP contribution in [0.15, 0.2) is 65.6 Å². The van der Waals surface area contributed by atoms with E-state index in [9.17, 15) is 18.0 Å². The molecule has 3 rings (SSSR count). The van der Waals surface area contributed by atoms with Gasteiger partial charge in [0.2, 0.25) is 5.91 Å². The molecule has 3 aromatic rings.